The fourth-order valence-electron chi connectivity index (χ4n) is 3.61. The van der Waals surface area contributed by atoms with Crippen molar-refractivity contribution in [3.8, 4) is 0 Å². The Morgan fingerprint density at radius 3 is 2.71 bits per heavy atom. The Labute approximate surface area is 127 Å². The molecule has 0 bridgehead atoms. The van der Waals surface area contributed by atoms with E-state index in [0.29, 0.717) is 13.0 Å². The average molecular weight is 296 g/mol. The van der Waals surface area contributed by atoms with Gasteiger partial charge >= 0.3 is 5.97 Å². The van der Waals surface area contributed by atoms with Crippen molar-refractivity contribution in [2.24, 2.45) is 5.92 Å². The highest BCUT2D eigenvalue weighted by Crippen LogP contribution is 2.29. The van der Waals surface area contributed by atoms with Gasteiger partial charge in [-0.1, -0.05) is 25.7 Å². The Balaban J connectivity index is 1.67. The van der Waals surface area contributed by atoms with E-state index in [9.17, 15) is 9.59 Å². The largest absolute Gasteiger partial charge is 0.480 e. The molecular formula is C16H28N2O3. The van der Waals surface area contributed by atoms with E-state index < -0.39 is 5.97 Å². The van der Waals surface area contributed by atoms with E-state index in [1.165, 1.54) is 32.1 Å². The Bertz CT molecular complexity index is 380. The summed E-state index contributed by atoms with van der Waals surface area (Å²) in [6.07, 6.45) is 9.06. The molecule has 2 rings (SSSR count). The highest BCUT2D eigenvalue weighted by Gasteiger charge is 2.35. The van der Waals surface area contributed by atoms with Crippen LogP contribution in [0.4, 0.5) is 0 Å². The SMILES string of the molecule is C[C@]1(NCC(=O)O)CCN(C(=O)CCCC2CCCC2)C1. The lowest BCUT2D eigenvalue weighted by Crippen LogP contribution is -2.47. The number of amides is 1. The van der Waals surface area contributed by atoms with Crippen LogP contribution < -0.4 is 5.32 Å². The van der Waals surface area contributed by atoms with E-state index in [1.54, 1.807) is 0 Å². The van der Waals surface area contributed by atoms with Gasteiger partial charge in [-0.05, 0) is 32.1 Å². The lowest BCUT2D eigenvalue weighted by molar-refractivity contribution is -0.136. The molecule has 0 spiro atoms. The number of carboxylic acid groups (broad SMARTS) is 1. The number of aliphatic carboxylic acids is 1. The number of nitrogens with one attached hydrogen (secondary N) is 1. The van der Waals surface area contributed by atoms with Crippen molar-refractivity contribution < 1.29 is 14.7 Å². The van der Waals surface area contributed by atoms with Gasteiger partial charge in [0.2, 0.25) is 5.91 Å². The van der Waals surface area contributed by atoms with Crippen molar-refractivity contribution >= 4 is 11.9 Å². The van der Waals surface area contributed by atoms with E-state index in [2.05, 4.69) is 5.32 Å². The summed E-state index contributed by atoms with van der Waals surface area (Å²) in [7, 11) is 0. The number of carboxylic acids is 1. The van der Waals surface area contributed by atoms with Crippen LogP contribution in [0.5, 0.6) is 0 Å². The third kappa shape index (κ3) is 4.99. The first kappa shape index (κ1) is 16.3. The number of rotatable bonds is 7. The monoisotopic (exact) mass is 296 g/mol. The van der Waals surface area contributed by atoms with Gasteiger partial charge in [-0.3, -0.25) is 14.9 Å². The zero-order valence-electron chi connectivity index (χ0n) is 13.1. The van der Waals surface area contributed by atoms with Crippen molar-refractivity contribution in [3.63, 3.8) is 0 Å². The topological polar surface area (TPSA) is 69.6 Å². The molecule has 0 aromatic carbocycles. The summed E-state index contributed by atoms with van der Waals surface area (Å²) in [6, 6.07) is 0. The fraction of sp³-hybridized carbons (Fsp3) is 0.875. The first-order valence-corrected chi connectivity index (χ1v) is 8.23. The molecule has 0 aromatic rings. The smallest absolute Gasteiger partial charge is 0.317 e. The minimum absolute atomic E-state index is 0.0415. The highest BCUT2D eigenvalue weighted by atomic mass is 16.4. The zero-order chi connectivity index (χ0) is 15.3. The first-order valence-electron chi connectivity index (χ1n) is 8.23. The normalized spacial score (nSPS) is 26.4. The maximum Gasteiger partial charge on any atom is 0.317 e. The highest BCUT2D eigenvalue weighted by molar-refractivity contribution is 5.76. The lowest BCUT2D eigenvalue weighted by Gasteiger charge is -2.25. The van der Waals surface area contributed by atoms with Gasteiger partial charge in [0.05, 0.1) is 6.54 Å². The van der Waals surface area contributed by atoms with E-state index in [1.807, 2.05) is 11.8 Å². The number of hydrogen-bond donors (Lipinski definition) is 2. The van der Waals surface area contributed by atoms with Crippen LogP contribution in [0.1, 0.15) is 58.3 Å². The number of hydrogen-bond acceptors (Lipinski definition) is 3. The molecule has 5 heteroatoms. The predicted molar refractivity (Wildman–Crippen MR) is 81.0 cm³/mol. The Morgan fingerprint density at radius 2 is 2.05 bits per heavy atom. The van der Waals surface area contributed by atoms with Crippen LogP contribution in [0, 0.1) is 5.92 Å². The Hall–Kier alpha value is -1.10. The van der Waals surface area contributed by atoms with Gasteiger partial charge in [-0.25, -0.2) is 0 Å². The Morgan fingerprint density at radius 1 is 1.33 bits per heavy atom. The van der Waals surface area contributed by atoms with Crippen LogP contribution in [0.2, 0.25) is 0 Å². The second kappa shape index (κ2) is 7.25. The molecule has 21 heavy (non-hydrogen) atoms. The van der Waals surface area contributed by atoms with E-state index in [0.717, 1.165) is 25.3 Å². The first-order chi connectivity index (χ1) is 9.98. The van der Waals surface area contributed by atoms with Gasteiger partial charge in [-0.15, -0.1) is 0 Å². The molecule has 1 saturated carbocycles. The summed E-state index contributed by atoms with van der Waals surface area (Å²) in [5.74, 6) is 0.227. The number of likely N-dealkylation sites (tertiary alicyclic amines) is 1. The van der Waals surface area contributed by atoms with Gasteiger partial charge in [0.25, 0.3) is 0 Å². The molecular weight excluding hydrogens is 268 g/mol. The molecule has 1 aliphatic heterocycles. The third-order valence-corrected chi connectivity index (χ3v) is 4.97. The molecule has 1 amide bonds. The van der Waals surface area contributed by atoms with Gasteiger partial charge in [-0.2, -0.15) is 0 Å². The van der Waals surface area contributed by atoms with Crippen LogP contribution in [0.25, 0.3) is 0 Å². The van der Waals surface area contributed by atoms with Crippen LogP contribution in [0.15, 0.2) is 0 Å². The maximum atomic E-state index is 12.2. The van der Waals surface area contributed by atoms with Gasteiger partial charge < -0.3 is 10.0 Å². The molecule has 2 aliphatic rings. The zero-order valence-corrected chi connectivity index (χ0v) is 13.1. The van der Waals surface area contributed by atoms with E-state index in [-0.39, 0.29) is 18.0 Å². The molecule has 0 unspecified atom stereocenters. The standard InChI is InChI=1S/C16H28N2O3/c1-16(17-11-15(20)21)9-10-18(12-16)14(19)8-4-7-13-5-2-3-6-13/h13,17H,2-12H2,1H3,(H,20,21)/t16-/m0/s1. The number of carbonyl (C=O) groups is 2. The predicted octanol–water partition coefficient (Wildman–Crippen LogP) is 2.01. The van der Waals surface area contributed by atoms with Crippen LogP contribution in [-0.4, -0.2) is 47.1 Å². The average Bonchev–Trinajstić information content (AvgIpc) is 3.07. The minimum Gasteiger partial charge on any atom is -0.480 e. The maximum absolute atomic E-state index is 12.2. The van der Waals surface area contributed by atoms with Gasteiger partial charge in [0.15, 0.2) is 0 Å². The van der Waals surface area contributed by atoms with E-state index in [4.69, 9.17) is 5.11 Å². The quantitative estimate of drug-likeness (QED) is 0.754. The Kier molecular flexibility index (Phi) is 5.62. The third-order valence-electron chi connectivity index (χ3n) is 4.97. The van der Waals surface area contributed by atoms with Crippen LogP contribution >= 0.6 is 0 Å². The second-order valence-electron chi connectivity index (χ2n) is 6.92. The summed E-state index contributed by atoms with van der Waals surface area (Å²) in [4.78, 5) is 24.8. The van der Waals surface area contributed by atoms with Crippen molar-refractivity contribution in [2.75, 3.05) is 19.6 Å². The van der Waals surface area contributed by atoms with Crippen molar-refractivity contribution in [2.45, 2.75) is 63.8 Å². The fourth-order valence-corrected chi connectivity index (χ4v) is 3.61. The molecule has 1 aliphatic carbocycles. The van der Waals surface area contributed by atoms with Crippen molar-refractivity contribution in [1.82, 2.24) is 10.2 Å². The molecule has 1 heterocycles. The molecule has 0 aromatic heterocycles. The summed E-state index contributed by atoms with van der Waals surface area (Å²) in [6.45, 7) is 3.33. The minimum atomic E-state index is -0.849. The summed E-state index contributed by atoms with van der Waals surface area (Å²) >= 11 is 0. The summed E-state index contributed by atoms with van der Waals surface area (Å²) < 4.78 is 0. The van der Waals surface area contributed by atoms with Crippen molar-refractivity contribution in [1.29, 1.82) is 0 Å². The second-order valence-corrected chi connectivity index (χ2v) is 6.92. The van der Waals surface area contributed by atoms with Gasteiger partial charge in [0.1, 0.15) is 0 Å². The molecule has 2 fully saturated rings. The molecule has 5 nitrogen and oxygen atoms in total. The van der Waals surface area contributed by atoms with Gasteiger partial charge in [0, 0.05) is 25.0 Å². The van der Waals surface area contributed by atoms with E-state index >= 15 is 0 Å². The molecule has 2 N–H and O–H groups in total. The molecule has 1 atom stereocenters. The lowest BCUT2D eigenvalue weighted by atomic mass is 10.0. The number of nitrogens with zero attached hydrogens (tertiary/aromatic N) is 1. The summed E-state index contributed by atoms with van der Waals surface area (Å²) in [5, 5.41) is 11.8. The summed E-state index contributed by atoms with van der Waals surface area (Å²) in [5.41, 5.74) is -0.250. The van der Waals surface area contributed by atoms with Crippen LogP contribution in [0.3, 0.4) is 0 Å². The number of carbonyl (C=O) groups excluding carboxylic acids is 1. The van der Waals surface area contributed by atoms with Crippen molar-refractivity contribution in [3.05, 3.63) is 0 Å². The van der Waals surface area contributed by atoms with Crippen LogP contribution in [-0.2, 0) is 9.59 Å². The molecule has 0 radical (unpaired) electrons. The molecule has 120 valence electrons. The molecule has 1 saturated heterocycles.